The molecular formula is C15H13FN2O. The van der Waals surface area contributed by atoms with E-state index >= 15 is 0 Å². The highest BCUT2D eigenvalue weighted by Gasteiger charge is 2.06. The van der Waals surface area contributed by atoms with Gasteiger partial charge in [-0.1, -0.05) is 12.1 Å². The van der Waals surface area contributed by atoms with Crippen molar-refractivity contribution in [2.24, 2.45) is 0 Å². The largest absolute Gasteiger partial charge is 0.441 e. The fourth-order valence-electron chi connectivity index (χ4n) is 1.99. The lowest BCUT2D eigenvalue weighted by Crippen LogP contribution is -1.92. The molecule has 1 heterocycles. The van der Waals surface area contributed by atoms with E-state index in [0.29, 0.717) is 23.4 Å². The number of benzene rings is 2. The molecule has 3 rings (SSSR count). The van der Waals surface area contributed by atoms with E-state index in [1.807, 2.05) is 24.3 Å². The lowest BCUT2D eigenvalue weighted by molar-refractivity contribution is 0.528. The van der Waals surface area contributed by atoms with Crippen LogP contribution in [0.25, 0.3) is 11.1 Å². The number of nitrogens with zero attached hydrogens (tertiary/aromatic N) is 1. The maximum absolute atomic E-state index is 13.0. The summed E-state index contributed by atoms with van der Waals surface area (Å²) in [5, 5.41) is 0. The molecule has 3 nitrogen and oxygen atoms in total. The number of aromatic nitrogens is 1. The number of halogens is 1. The molecule has 4 heteroatoms. The Morgan fingerprint density at radius 1 is 1.05 bits per heavy atom. The topological polar surface area (TPSA) is 52.0 Å². The molecule has 0 amide bonds. The van der Waals surface area contributed by atoms with Crippen LogP contribution < -0.4 is 5.73 Å². The molecule has 0 atom stereocenters. The van der Waals surface area contributed by atoms with E-state index in [0.717, 1.165) is 12.1 Å². The van der Waals surface area contributed by atoms with Gasteiger partial charge in [-0.2, -0.15) is 0 Å². The molecule has 0 saturated heterocycles. The van der Waals surface area contributed by atoms with E-state index in [-0.39, 0.29) is 5.82 Å². The number of aryl methyl sites for hydroxylation is 2. The molecule has 96 valence electrons. The van der Waals surface area contributed by atoms with Gasteiger partial charge in [0.05, 0.1) is 0 Å². The summed E-state index contributed by atoms with van der Waals surface area (Å²) in [5.74, 6) is 0.323. The van der Waals surface area contributed by atoms with Gasteiger partial charge >= 0.3 is 0 Å². The van der Waals surface area contributed by atoms with Crippen LogP contribution in [0.5, 0.6) is 0 Å². The van der Waals surface area contributed by atoms with Gasteiger partial charge in [0.1, 0.15) is 11.3 Å². The SMILES string of the molecule is Nc1ccc(CCc2nc3cc(F)ccc3o2)cc1. The molecule has 0 aliphatic carbocycles. The second kappa shape index (κ2) is 4.72. The zero-order valence-electron chi connectivity index (χ0n) is 10.3. The molecule has 0 radical (unpaired) electrons. The smallest absolute Gasteiger partial charge is 0.195 e. The molecule has 2 aromatic carbocycles. The summed E-state index contributed by atoms with van der Waals surface area (Å²) in [6.45, 7) is 0. The van der Waals surface area contributed by atoms with Crippen LogP contribution >= 0.6 is 0 Å². The zero-order valence-corrected chi connectivity index (χ0v) is 10.3. The summed E-state index contributed by atoms with van der Waals surface area (Å²) in [7, 11) is 0. The minimum absolute atomic E-state index is 0.300. The van der Waals surface area contributed by atoms with Gasteiger partial charge in [0, 0.05) is 18.2 Å². The quantitative estimate of drug-likeness (QED) is 0.731. The second-order valence-corrected chi connectivity index (χ2v) is 4.46. The van der Waals surface area contributed by atoms with Gasteiger partial charge in [0.2, 0.25) is 0 Å². The van der Waals surface area contributed by atoms with Crippen molar-refractivity contribution in [1.82, 2.24) is 4.98 Å². The van der Waals surface area contributed by atoms with Crippen molar-refractivity contribution in [2.45, 2.75) is 12.8 Å². The maximum atomic E-state index is 13.0. The minimum atomic E-state index is -0.300. The molecule has 3 aromatic rings. The fourth-order valence-corrected chi connectivity index (χ4v) is 1.99. The van der Waals surface area contributed by atoms with Crippen molar-refractivity contribution in [2.75, 3.05) is 5.73 Å². The van der Waals surface area contributed by atoms with E-state index in [1.54, 1.807) is 6.07 Å². The van der Waals surface area contributed by atoms with Crippen LogP contribution in [-0.2, 0) is 12.8 Å². The second-order valence-electron chi connectivity index (χ2n) is 4.46. The van der Waals surface area contributed by atoms with Crippen LogP contribution in [0.3, 0.4) is 0 Å². The van der Waals surface area contributed by atoms with Gasteiger partial charge in [-0.3, -0.25) is 0 Å². The van der Waals surface area contributed by atoms with Crippen molar-refractivity contribution in [1.29, 1.82) is 0 Å². The highest BCUT2D eigenvalue weighted by Crippen LogP contribution is 2.18. The highest BCUT2D eigenvalue weighted by molar-refractivity contribution is 5.72. The molecule has 0 spiro atoms. The average Bonchev–Trinajstić information content (AvgIpc) is 2.80. The lowest BCUT2D eigenvalue weighted by Gasteiger charge is -1.99. The molecule has 0 bridgehead atoms. The van der Waals surface area contributed by atoms with Crippen LogP contribution in [0.2, 0.25) is 0 Å². The molecule has 1 aromatic heterocycles. The molecule has 0 saturated carbocycles. The summed E-state index contributed by atoms with van der Waals surface area (Å²) in [4.78, 5) is 4.27. The third-order valence-electron chi connectivity index (χ3n) is 3.00. The van der Waals surface area contributed by atoms with E-state index < -0.39 is 0 Å². The number of nitrogens with two attached hydrogens (primary N) is 1. The van der Waals surface area contributed by atoms with Gasteiger partial charge in [-0.25, -0.2) is 9.37 Å². The van der Waals surface area contributed by atoms with E-state index in [2.05, 4.69) is 4.98 Å². The van der Waals surface area contributed by atoms with Gasteiger partial charge in [0.25, 0.3) is 0 Å². The highest BCUT2D eigenvalue weighted by atomic mass is 19.1. The Balaban J connectivity index is 1.76. The Morgan fingerprint density at radius 2 is 1.84 bits per heavy atom. The average molecular weight is 256 g/mol. The first-order valence-electron chi connectivity index (χ1n) is 6.10. The Kier molecular flexibility index (Phi) is 2.91. The summed E-state index contributed by atoms with van der Waals surface area (Å²) in [5.41, 5.74) is 8.73. The van der Waals surface area contributed by atoms with Gasteiger partial charge < -0.3 is 10.2 Å². The van der Waals surface area contributed by atoms with E-state index in [9.17, 15) is 4.39 Å². The van der Waals surface area contributed by atoms with E-state index in [1.165, 1.54) is 17.7 Å². The molecular weight excluding hydrogens is 243 g/mol. The van der Waals surface area contributed by atoms with Crippen molar-refractivity contribution in [3.8, 4) is 0 Å². The Morgan fingerprint density at radius 3 is 2.63 bits per heavy atom. The normalized spacial score (nSPS) is 11.0. The van der Waals surface area contributed by atoms with Crippen molar-refractivity contribution >= 4 is 16.8 Å². The Hall–Kier alpha value is -2.36. The molecule has 0 fully saturated rings. The summed E-state index contributed by atoms with van der Waals surface area (Å²) in [6.07, 6.45) is 1.50. The van der Waals surface area contributed by atoms with Crippen LogP contribution in [0.4, 0.5) is 10.1 Å². The fraction of sp³-hybridized carbons (Fsp3) is 0.133. The van der Waals surface area contributed by atoms with Gasteiger partial charge in [-0.05, 0) is 36.2 Å². The zero-order chi connectivity index (χ0) is 13.2. The minimum Gasteiger partial charge on any atom is -0.441 e. The number of nitrogen functional groups attached to an aromatic ring is 1. The predicted molar refractivity (Wildman–Crippen MR) is 72.2 cm³/mol. The lowest BCUT2D eigenvalue weighted by atomic mass is 10.1. The summed E-state index contributed by atoms with van der Waals surface area (Å²) >= 11 is 0. The first-order chi connectivity index (χ1) is 9.20. The van der Waals surface area contributed by atoms with Crippen LogP contribution in [0.15, 0.2) is 46.9 Å². The molecule has 2 N–H and O–H groups in total. The van der Waals surface area contributed by atoms with Crippen LogP contribution in [0, 0.1) is 5.82 Å². The monoisotopic (exact) mass is 256 g/mol. The molecule has 0 aliphatic rings. The van der Waals surface area contributed by atoms with Crippen LogP contribution in [0.1, 0.15) is 11.5 Å². The van der Waals surface area contributed by atoms with Crippen LogP contribution in [-0.4, -0.2) is 4.98 Å². The predicted octanol–water partition coefficient (Wildman–Crippen LogP) is 3.33. The number of oxazole rings is 1. The third-order valence-corrected chi connectivity index (χ3v) is 3.00. The molecule has 0 aliphatic heterocycles. The number of hydrogen-bond donors (Lipinski definition) is 1. The third kappa shape index (κ3) is 2.57. The van der Waals surface area contributed by atoms with E-state index in [4.69, 9.17) is 10.2 Å². The maximum Gasteiger partial charge on any atom is 0.195 e. The van der Waals surface area contributed by atoms with Gasteiger partial charge in [0.15, 0.2) is 11.5 Å². The Bertz CT molecular complexity index is 704. The number of anilines is 1. The number of hydrogen-bond acceptors (Lipinski definition) is 3. The number of rotatable bonds is 3. The number of fused-ring (bicyclic) bond motifs is 1. The van der Waals surface area contributed by atoms with Gasteiger partial charge in [-0.15, -0.1) is 0 Å². The van der Waals surface area contributed by atoms with Crippen molar-refractivity contribution < 1.29 is 8.81 Å². The first-order valence-corrected chi connectivity index (χ1v) is 6.10. The first kappa shape index (κ1) is 11.7. The molecule has 0 unspecified atom stereocenters. The Labute approximate surface area is 109 Å². The summed E-state index contributed by atoms with van der Waals surface area (Å²) < 4.78 is 18.6. The molecule has 19 heavy (non-hydrogen) atoms. The standard InChI is InChI=1S/C15H13FN2O/c16-11-4-7-14-13(9-11)18-15(19-14)8-3-10-1-5-12(17)6-2-10/h1-2,4-7,9H,3,8,17H2. The summed E-state index contributed by atoms with van der Waals surface area (Å²) in [6, 6.07) is 12.1. The van der Waals surface area contributed by atoms with Crippen molar-refractivity contribution in [3.63, 3.8) is 0 Å². The van der Waals surface area contributed by atoms with Crippen molar-refractivity contribution in [3.05, 3.63) is 59.7 Å².